The van der Waals surface area contributed by atoms with Crippen LogP contribution in [0.25, 0.3) is 10.9 Å². The number of nitrogens with zero attached hydrogens (tertiary/aromatic N) is 4. The molecule has 0 bridgehead atoms. The maximum absolute atomic E-state index is 12.5. The molecule has 0 saturated carbocycles. The van der Waals surface area contributed by atoms with E-state index in [1.165, 1.54) is 15.8 Å². The van der Waals surface area contributed by atoms with Gasteiger partial charge in [0.2, 0.25) is 5.91 Å². The normalized spacial score (nSPS) is 11.0. The van der Waals surface area contributed by atoms with Gasteiger partial charge in [-0.2, -0.15) is 0 Å². The lowest BCUT2D eigenvalue weighted by Crippen LogP contribution is -2.33. The maximum atomic E-state index is 12.5. The monoisotopic (exact) mass is 326 g/mol. The van der Waals surface area contributed by atoms with Crippen LogP contribution in [0.5, 0.6) is 0 Å². The van der Waals surface area contributed by atoms with Crippen LogP contribution in [0.15, 0.2) is 39.9 Å². The van der Waals surface area contributed by atoms with Crippen molar-refractivity contribution in [3.8, 4) is 0 Å². The second-order valence-electron chi connectivity index (χ2n) is 5.83. The molecule has 3 aromatic rings. The van der Waals surface area contributed by atoms with Crippen LogP contribution in [0.1, 0.15) is 17.0 Å². The van der Waals surface area contributed by atoms with Crippen molar-refractivity contribution < 1.29 is 9.32 Å². The molecule has 3 rings (SSSR count). The highest BCUT2D eigenvalue weighted by Crippen LogP contribution is 2.11. The lowest BCUT2D eigenvalue weighted by atomic mass is 10.1. The van der Waals surface area contributed by atoms with Crippen molar-refractivity contribution in [3.63, 3.8) is 0 Å². The average Bonchev–Trinajstić information content (AvgIpc) is 2.95. The molecule has 0 radical (unpaired) electrons. The molecular formula is C17H18N4O3. The highest BCUT2D eigenvalue weighted by Gasteiger charge is 2.14. The third-order valence-electron chi connectivity index (χ3n) is 3.86. The second-order valence-corrected chi connectivity index (χ2v) is 5.83. The number of benzene rings is 1. The summed E-state index contributed by atoms with van der Waals surface area (Å²) >= 11 is 0. The molecule has 0 spiro atoms. The van der Waals surface area contributed by atoms with Crippen LogP contribution in [0.2, 0.25) is 0 Å². The van der Waals surface area contributed by atoms with Gasteiger partial charge < -0.3 is 9.42 Å². The summed E-state index contributed by atoms with van der Waals surface area (Å²) in [7, 11) is 1.66. The Morgan fingerprint density at radius 3 is 2.83 bits per heavy atom. The molecule has 7 nitrogen and oxygen atoms in total. The topological polar surface area (TPSA) is 81.2 Å². The summed E-state index contributed by atoms with van der Waals surface area (Å²) in [6.45, 7) is 3.95. The smallest absolute Gasteiger partial charge is 0.261 e. The molecule has 7 heteroatoms. The van der Waals surface area contributed by atoms with Gasteiger partial charge in [-0.05, 0) is 25.5 Å². The highest BCUT2D eigenvalue weighted by atomic mass is 16.5. The maximum Gasteiger partial charge on any atom is 0.261 e. The number of fused-ring (bicyclic) bond motifs is 1. The van der Waals surface area contributed by atoms with Crippen molar-refractivity contribution in [3.05, 3.63) is 58.0 Å². The molecule has 1 aromatic carbocycles. The molecule has 2 heterocycles. The zero-order chi connectivity index (χ0) is 17.3. The summed E-state index contributed by atoms with van der Waals surface area (Å²) < 4.78 is 6.32. The molecule has 0 aliphatic heterocycles. The molecule has 24 heavy (non-hydrogen) atoms. The average molecular weight is 326 g/mol. The van der Waals surface area contributed by atoms with E-state index in [9.17, 15) is 9.59 Å². The predicted molar refractivity (Wildman–Crippen MR) is 88.5 cm³/mol. The number of para-hydroxylation sites is 1. The first-order valence-electron chi connectivity index (χ1n) is 7.56. The number of rotatable bonds is 4. The Morgan fingerprint density at radius 1 is 1.33 bits per heavy atom. The number of likely N-dealkylation sites (N-methyl/N-ethyl adjacent to an activating group) is 1. The van der Waals surface area contributed by atoms with E-state index in [4.69, 9.17) is 4.52 Å². The first kappa shape index (κ1) is 15.9. The number of aromatic nitrogens is 3. The first-order valence-corrected chi connectivity index (χ1v) is 7.56. The van der Waals surface area contributed by atoms with Crippen LogP contribution in [0, 0.1) is 13.8 Å². The number of hydrogen-bond acceptors (Lipinski definition) is 5. The standard InChI is InChI=1S/C17H18N4O3/c1-11-5-4-6-14-16(11)18-10-21(17(14)23)9-15(22)20(3)8-13-7-12(2)24-19-13/h4-7,10H,8-9H2,1-3H3. The van der Waals surface area contributed by atoms with Gasteiger partial charge in [0.25, 0.3) is 5.56 Å². The van der Waals surface area contributed by atoms with Gasteiger partial charge in [-0.1, -0.05) is 17.3 Å². The summed E-state index contributed by atoms with van der Waals surface area (Å²) in [6.07, 6.45) is 1.42. The zero-order valence-corrected chi connectivity index (χ0v) is 13.8. The SMILES string of the molecule is Cc1cc(CN(C)C(=O)Cn2cnc3c(C)cccc3c2=O)no1. The van der Waals surface area contributed by atoms with Gasteiger partial charge in [0.05, 0.1) is 23.8 Å². The minimum Gasteiger partial charge on any atom is -0.361 e. The van der Waals surface area contributed by atoms with Crippen LogP contribution in [-0.2, 0) is 17.9 Å². The van der Waals surface area contributed by atoms with Gasteiger partial charge in [0, 0.05) is 13.1 Å². The molecule has 0 N–H and O–H groups in total. The number of carbonyl (C=O) groups excluding carboxylic acids is 1. The van der Waals surface area contributed by atoms with Crippen molar-refractivity contribution in [2.75, 3.05) is 7.05 Å². The molecule has 0 fully saturated rings. The third kappa shape index (κ3) is 3.05. The Balaban J connectivity index is 1.80. The molecule has 0 aliphatic carbocycles. The Bertz CT molecular complexity index is 958. The summed E-state index contributed by atoms with van der Waals surface area (Å²) in [4.78, 5) is 30.7. The van der Waals surface area contributed by atoms with Gasteiger partial charge in [-0.15, -0.1) is 0 Å². The quantitative estimate of drug-likeness (QED) is 0.728. The third-order valence-corrected chi connectivity index (χ3v) is 3.86. The Hall–Kier alpha value is -2.96. The van der Waals surface area contributed by atoms with Crippen molar-refractivity contribution in [2.45, 2.75) is 26.9 Å². The molecule has 0 unspecified atom stereocenters. The van der Waals surface area contributed by atoms with Crippen molar-refractivity contribution in [2.24, 2.45) is 0 Å². The van der Waals surface area contributed by atoms with Crippen LogP contribution < -0.4 is 5.56 Å². The number of amides is 1. The Labute approximate surface area is 138 Å². The lowest BCUT2D eigenvalue weighted by Gasteiger charge is -2.16. The summed E-state index contributed by atoms with van der Waals surface area (Å²) in [5.74, 6) is 0.489. The largest absolute Gasteiger partial charge is 0.361 e. The summed E-state index contributed by atoms with van der Waals surface area (Å²) in [6, 6.07) is 7.21. The van der Waals surface area contributed by atoms with E-state index in [1.807, 2.05) is 19.1 Å². The van der Waals surface area contributed by atoms with Crippen LogP contribution in [0.3, 0.4) is 0 Å². The van der Waals surface area contributed by atoms with Crippen LogP contribution in [0.4, 0.5) is 0 Å². The molecule has 0 aliphatic rings. The Kier molecular flexibility index (Phi) is 4.16. The second kappa shape index (κ2) is 6.27. The lowest BCUT2D eigenvalue weighted by molar-refractivity contribution is -0.131. The van der Waals surface area contributed by atoms with E-state index >= 15 is 0 Å². The van der Waals surface area contributed by atoms with Gasteiger partial charge in [0.1, 0.15) is 18.0 Å². The van der Waals surface area contributed by atoms with Gasteiger partial charge >= 0.3 is 0 Å². The number of hydrogen-bond donors (Lipinski definition) is 0. The van der Waals surface area contributed by atoms with E-state index in [2.05, 4.69) is 10.1 Å². The van der Waals surface area contributed by atoms with Crippen LogP contribution >= 0.6 is 0 Å². The van der Waals surface area contributed by atoms with Crippen molar-refractivity contribution >= 4 is 16.8 Å². The first-order chi connectivity index (χ1) is 11.5. The summed E-state index contributed by atoms with van der Waals surface area (Å²) in [5.41, 5.74) is 2.05. The van der Waals surface area contributed by atoms with Crippen molar-refractivity contribution in [1.29, 1.82) is 0 Å². The van der Waals surface area contributed by atoms with Gasteiger partial charge in [0.15, 0.2) is 0 Å². The van der Waals surface area contributed by atoms with E-state index in [1.54, 1.807) is 26.1 Å². The number of carbonyl (C=O) groups is 1. The van der Waals surface area contributed by atoms with E-state index in [0.29, 0.717) is 28.9 Å². The Morgan fingerprint density at radius 2 is 2.12 bits per heavy atom. The van der Waals surface area contributed by atoms with Crippen molar-refractivity contribution in [1.82, 2.24) is 19.6 Å². The molecule has 124 valence electrons. The zero-order valence-electron chi connectivity index (χ0n) is 13.8. The van der Waals surface area contributed by atoms with Gasteiger partial charge in [-0.25, -0.2) is 4.98 Å². The van der Waals surface area contributed by atoms with Gasteiger partial charge in [-0.3, -0.25) is 14.2 Å². The predicted octanol–water partition coefficient (Wildman–Crippen LogP) is 1.66. The molecule has 1 amide bonds. The fourth-order valence-corrected chi connectivity index (χ4v) is 2.54. The molecule has 2 aromatic heterocycles. The highest BCUT2D eigenvalue weighted by molar-refractivity contribution is 5.81. The fourth-order valence-electron chi connectivity index (χ4n) is 2.54. The molecule has 0 saturated heterocycles. The summed E-state index contributed by atoms with van der Waals surface area (Å²) in [5, 5.41) is 4.38. The minimum absolute atomic E-state index is 0.0664. The van der Waals surface area contributed by atoms with Crippen LogP contribution in [-0.4, -0.2) is 32.6 Å². The van der Waals surface area contributed by atoms with E-state index in [-0.39, 0.29) is 18.0 Å². The van der Waals surface area contributed by atoms with E-state index in [0.717, 1.165) is 5.56 Å². The molecular weight excluding hydrogens is 308 g/mol. The molecule has 0 atom stereocenters. The fraction of sp³-hybridized carbons (Fsp3) is 0.294. The minimum atomic E-state index is -0.220. The van der Waals surface area contributed by atoms with E-state index < -0.39 is 0 Å². The number of aryl methyl sites for hydroxylation is 2.